The van der Waals surface area contributed by atoms with Crippen molar-refractivity contribution in [3.63, 3.8) is 0 Å². The van der Waals surface area contributed by atoms with E-state index in [4.69, 9.17) is 5.73 Å². The van der Waals surface area contributed by atoms with Crippen LogP contribution in [-0.2, 0) is 18.4 Å². The van der Waals surface area contributed by atoms with E-state index in [1.54, 1.807) is 9.25 Å². The Morgan fingerprint density at radius 3 is 2.69 bits per heavy atom. The maximum Gasteiger partial charge on any atom is 0.264 e. The lowest BCUT2D eigenvalue weighted by Crippen LogP contribution is -2.26. The fourth-order valence-corrected chi connectivity index (χ4v) is 3.83. The Kier molecular flexibility index (Phi) is 4.68. The van der Waals surface area contributed by atoms with Crippen molar-refractivity contribution in [2.24, 2.45) is 13.0 Å². The van der Waals surface area contributed by atoms with Gasteiger partial charge in [-0.1, -0.05) is 13.8 Å². The Balaban J connectivity index is 1.84. The first-order valence-electron chi connectivity index (χ1n) is 9.97. The van der Waals surface area contributed by atoms with Crippen LogP contribution >= 0.6 is 0 Å². The number of pyridine rings is 1. The number of H-pyrrole nitrogens is 1. The van der Waals surface area contributed by atoms with Crippen molar-refractivity contribution in [3.8, 4) is 11.3 Å². The van der Waals surface area contributed by atoms with Crippen molar-refractivity contribution in [1.82, 2.24) is 29.4 Å². The number of aromatic amines is 1. The summed E-state index contributed by atoms with van der Waals surface area (Å²) < 4.78 is 3.50. The summed E-state index contributed by atoms with van der Waals surface area (Å²) in [5, 5.41) is 12.0. The lowest BCUT2D eigenvalue weighted by molar-refractivity contribution is -0.128. The van der Waals surface area contributed by atoms with Gasteiger partial charge in [0.15, 0.2) is 5.82 Å². The molecule has 3 aromatic heterocycles. The number of likely N-dealkylation sites (tertiary alicyclic amines) is 1. The SMILES string of the molecule is CC(C)C(C)n1cc(-c2cc(CN3CCCC3=O)n(C)n2)c2[nH]nc(N)c2c1=O. The van der Waals surface area contributed by atoms with Gasteiger partial charge in [0, 0.05) is 37.8 Å². The third-order valence-corrected chi connectivity index (χ3v) is 5.96. The van der Waals surface area contributed by atoms with Crippen molar-refractivity contribution in [1.29, 1.82) is 0 Å². The third kappa shape index (κ3) is 3.20. The Morgan fingerprint density at radius 1 is 1.28 bits per heavy atom. The van der Waals surface area contributed by atoms with Gasteiger partial charge in [0.2, 0.25) is 5.91 Å². The number of aromatic nitrogens is 5. The van der Waals surface area contributed by atoms with Gasteiger partial charge < -0.3 is 15.2 Å². The Morgan fingerprint density at radius 2 is 2.03 bits per heavy atom. The minimum atomic E-state index is -0.157. The summed E-state index contributed by atoms with van der Waals surface area (Å²) in [5.74, 6) is 0.637. The molecular formula is C20H27N7O2. The van der Waals surface area contributed by atoms with Crippen LogP contribution in [0, 0.1) is 5.92 Å². The highest BCUT2D eigenvalue weighted by molar-refractivity contribution is 5.97. The van der Waals surface area contributed by atoms with E-state index in [-0.39, 0.29) is 29.2 Å². The lowest BCUT2D eigenvalue weighted by Gasteiger charge is -2.20. The Bertz CT molecular complexity index is 1140. The minimum Gasteiger partial charge on any atom is -0.382 e. The molecule has 154 valence electrons. The normalized spacial score (nSPS) is 15.8. The third-order valence-electron chi connectivity index (χ3n) is 5.96. The summed E-state index contributed by atoms with van der Waals surface area (Å²) in [6, 6.07) is 1.96. The van der Waals surface area contributed by atoms with Crippen LogP contribution in [0.15, 0.2) is 17.1 Å². The molecule has 3 aromatic rings. The molecule has 0 aliphatic carbocycles. The molecule has 9 nitrogen and oxygen atoms in total. The van der Waals surface area contributed by atoms with Crippen LogP contribution in [0.5, 0.6) is 0 Å². The minimum absolute atomic E-state index is 0.00893. The first kappa shape index (κ1) is 19.2. The number of nitrogens with zero attached hydrogens (tertiary/aromatic N) is 5. The van der Waals surface area contributed by atoms with Crippen LogP contribution in [0.4, 0.5) is 5.82 Å². The van der Waals surface area contributed by atoms with Crippen LogP contribution in [0.1, 0.15) is 45.3 Å². The first-order valence-corrected chi connectivity index (χ1v) is 9.97. The predicted molar refractivity (Wildman–Crippen MR) is 111 cm³/mol. The molecule has 1 saturated heterocycles. The van der Waals surface area contributed by atoms with Gasteiger partial charge in [0.05, 0.1) is 23.4 Å². The Hall–Kier alpha value is -3.10. The zero-order valence-electron chi connectivity index (χ0n) is 17.3. The average Bonchev–Trinajstić information content (AvgIpc) is 3.36. The molecule has 0 spiro atoms. The number of amides is 1. The fraction of sp³-hybridized carbons (Fsp3) is 0.500. The van der Waals surface area contributed by atoms with E-state index >= 15 is 0 Å². The number of nitrogens with one attached hydrogen (secondary N) is 1. The first-order chi connectivity index (χ1) is 13.8. The van der Waals surface area contributed by atoms with E-state index < -0.39 is 0 Å². The van der Waals surface area contributed by atoms with E-state index in [0.717, 1.165) is 24.2 Å². The van der Waals surface area contributed by atoms with Crippen LogP contribution in [0.2, 0.25) is 0 Å². The average molecular weight is 397 g/mol. The molecule has 9 heteroatoms. The van der Waals surface area contributed by atoms with Gasteiger partial charge in [0.25, 0.3) is 5.56 Å². The van der Waals surface area contributed by atoms with Gasteiger partial charge in [-0.3, -0.25) is 19.4 Å². The molecule has 4 rings (SSSR count). The molecule has 0 bridgehead atoms. The number of hydrogen-bond acceptors (Lipinski definition) is 5. The number of aryl methyl sites for hydroxylation is 1. The molecule has 0 radical (unpaired) electrons. The second-order valence-electron chi connectivity index (χ2n) is 8.16. The van der Waals surface area contributed by atoms with Crippen molar-refractivity contribution in [2.75, 3.05) is 12.3 Å². The van der Waals surface area contributed by atoms with Crippen molar-refractivity contribution in [2.45, 2.75) is 46.2 Å². The van der Waals surface area contributed by atoms with Gasteiger partial charge in [-0.25, -0.2) is 0 Å². The molecule has 1 unspecified atom stereocenters. The van der Waals surface area contributed by atoms with Crippen LogP contribution in [0.25, 0.3) is 22.2 Å². The number of rotatable bonds is 5. The van der Waals surface area contributed by atoms with E-state index in [1.165, 1.54) is 0 Å². The summed E-state index contributed by atoms with van der Waals surface area (Å²) in [6.07, 6.45) is 3.34. The number of carbonyl (C=O) groups is 1. The van der Waals surface area contributed by atoms with Crippen LogP contribution < -0.4 is 11.3 Å². The Labute approximate surface area is 168 Å². The van der Waals surface area contributed by atoms with Crippen molar-refractivity contribution >= 4 is 22.6 Å². The highest BCUT2D eigenvalue weighted by Crippen LogP contribution is 2.29. The molecule has 1 fully saturated rings. The number of hydrogen-bond donors (Lipinski definition) is 2. The number of carbonyl (C=O) groups excluding carboxylic acids is 1. The number of fused-ring (bicyclic) bond motifs is 1. The number of nitrogens with two attached hydrogens (primary N) is 1. The monoisotopic (exact) mass is 397 g/mol. The van der Waals surface area contributed by atoms with Gasteiger partial charge in [-0.2, -0.15) is 10.2 Å². The summed E-state index contributed by atoms with van der Waals surface area (Å²) in [5.41, 5.74) is 8.85. The largest absolute Gasteiger partial charge is 0.382 e. The summed E-state index contributed by atoms with van der Waals surface area (Å²) in [4.78, 5) is 26.9. The van der Waals surface area contributed by atoms with Crippen LogP contribution in [0.3, 0.4) is 0 Å². The molecule has 1 amide bonds. The maximum absolute atomic E-state index is 13.0. The second-order valence-corrected chi connectivity index (χ2v) is 8.16. The highest BCUT2D eigenvalue weighted by atomic mass is 16.2. The number of nitrogen functional groups attached to an aromatic ring is 1. The molecule has 1 aliphatic rings. The summed E-state index contributed by atoms with van der Waals surface area (Å²) >= 11 is 0. The van der Waals surface area contributed by atoms with Gasteiger partial charge in [-0.15, -0.1) is 0 Å². The van der Waals surface area contributed by atoms with Crippen molar-refractivity contribution in [3.05, 3.63) is 28.3 Å². The van der Waals surface area contributed by atoms with E-state index in [0.29, 0.717) is 29.6 Å². The van der Waals surface area contributed by atoms with E-state index in [2.05, 4.69) is 29.1 Å². The quantitative estimate of drug-likeness (QED) is 0.684. The highest BCUT2D eigenvalue weighted by Gasteiger charge is 2.24. The molecular weight excluding hydrogens is 370 g/mol. The fourth-order valence-electron chi connectivity index (χ4n) is 3.83. The van der Waals surface area contributed by atoms with Crippen molar-refractivity contribution < 1.29 is 4.79 Å². The molecule has 0 saturated carbocycles. The standard InChI is InChI=1S/C20H27N7O2/c1-11(2)12(3)27-10-14(18-17(20(27)29)19(21)23-22-18)15-8-13(25(4)24-15)9-26-7-5-6-16(26)28/h8,10-12H,5-7,9H2,1-4H3,(H3,21,22,23). The zero-order chi connectivity index (χ0) is 20.9. The number of anilines is 1. The molecule has 0 aromatic carbocycles. The molecule has 1 aliphatic heterocycles. The van der Waals surface area contributed by atoms with E-state index in [9.17, 15) is 9.59 Å². The van der Waals surface area contributed by atoms with Crippen LogP contribution in [-0.4, -0.2) is 41.9 Å². The van der Waals surface area contributed by atoms with Gasteiger partial charge in [-0.05, 0) is 25.3 Å². The molecule has 29 heavy (non-hydrogen) atoms. The molecule has 4 heterocycles. The summed E-state index contributed by atoms with van der Waals surface area (Å²) in [6.45, 7) is 7.47. The smallest absolute Gasteiger partial charge is 0.264 e. The zero-order valence-corrected chi connectivity index (χ0v) is 17.3. The maximum atomic E-state index is 13.0. The predicted octanol–water partition coefficient (Wildman–Crippen LogP) is 2.05. The van der Waals surface area contributed by atoms with E-state index in [1.807, 2.05) is 31.1 Å². The second kappa shape index (κ2) is 7.06. The molecule has 3 N–H and O–H groups in total. The lowest BCUT2D eigenvalue weighted by atomic mass is 10.0. The molecule has 1 atom stereocenters. The topological polar surface area (TPSA) is 115 Å². The summed E-state index contributed by atoms with van der Waals surface area (Å²) in [7, 11) is 1.87. The van der Waals surface area contributed by atoms with Gasteiger partial charge >= 0.3 is 0 Å². The van der Waals surface area contributed by atoms with Gasteiger partial charge in [0.1, 0.15) is 5.39 Å².